The van der Waals surface area contributed by atoms with Crippen LogP contribution in [0.5, 0.6) is 5.75 Å². The number of amides is 1. The molecule has 1 amide bonds. The summed E-state index contributed by atoms with van der Waals surface area (Å²) < 4.78 is 30.2. The van der Waals surface area contributed by atoms with Gasteiger partial charge in [-0.1, -0.05) is 25.1 Å². The smallest absolute Gasteiger partial charge is 0.260 e. The minimum atomic E-state index is -3.42. The molecule has 0 spiro atoms. The average Bonchev–Trinajstić information content (AvgIpc) is 2.85. The number of rotatable bonds is 5. The summed E-state index contributed by atoms with van der Waals surface area (Å²) in [6.45, 7) is 4.27. The van der Waals surface area contributed by atoms with Gasteiger partial charge in [0.1, 0.15) is 5.75 Å². The summed E-state index contributed by atoms with van der Waals surface area (Å²) in [6.07, 6.45) is 4.35. The molecule has 120 valence electrons. The van der Waals surface area contributed by atoms with Gasteiger partial charge in [0.15, 0.2) is 0 Å². The van der Waals surface area contributed by atoms with Gasteiger partial charge in [-0.2, -0.15) is 0 Å². The maximum Gasteiger partial charge on any atom is 0.260 e. The molecule has 1 heterocycles. The molecule has 1 saturated heterocycles. The van der Waals surface area contributed by atoms with E-state index in [0.717, 1.165) is 16.3 Å². The molecule has 0 saturated carbocycles. The van der Waals surface area contributed by atoms with Crippen molar-refractivity contribution in [3.8, 4) is 5.75 Å². The summed E-state index contributed by atoms with van der Waals surface area (Å²) in [5, 5.41) is 0. The first-order valence-electron chi connectivity index (χ1n) is 7.42. The van der Waals surface area contributed by atoms with Crippen LogP contribution in [-0.4, -0.2) is 37.0 Å². The van der Waals surface area contributed by atoms with Gasteiger partial charge in [-0.05, 0) is 31.9 Å². The van der Waals surface area contributed by atoms with E-state index in [9.17, 15) is 13.2 Å². The van der Waals surface area contributed by atoms with Crippen LogP contribution in [0, 0.1) is 0 Å². The molecule has 0 aliphatic carbocycles. The van der Waals surface area contributed by atoms with Crippen LogP contribution in [-0.2, 0) is 14.8 Å². The van der Waals surface area contributed by atoms with Crippen molar-refractivity contribution < 1.29 is 17.9 Å². The maximum atomic E-state index is 12.0. The Morgan fingerprint density at radius 2 is 2.14 bits per heavy atom. The monoisotopic (exact) mass is 323 g/mol. The van der Waals surface area contributed by atoms with Crippen molar-refractivity contribution in [3.05, 3.63) is 35.9 Å². The standard InChI is InChI=1S/C16H21NO4S/c1-3-13(2)21-15-8-5-4-7-14(15)9-10-16(18)17-11-6-12-22(17,19)20/h4-5,7-10,13H,3,6,11-12H2,1-2H3/b10-9+/t13-/m0/s1. The lowest BCUT2D eigenvalue weighted by atomic mass is 10.2. The van der Waals surface area contributed by atoms with Crippen LogP contribution >= 0.6 is 0 Å². The molecule has 0 bridgehead atoms. The number of sulfonamides is 1. The van der Waals surface area contributed by atoms with Gasteiger partial charge in [-0.3, -0.25) is 4.79 Å². The molecular weight excluding hydrogens is 302 g/mol. The zero-order valence-electron chi connectivity index (χ0n) is 12.9. The molecule has 1 atom stereocenters. The first kappa shape index (κ1) is 16.5. The van der Waals surface area contributed by atoms with Crippen LogP contribution < -0.4 is 4.74 Å². The molecule has 1 aliphatic rings. The summed E-state index contributed by atoms with van der Waals surface area (Å²) in [4.78, 5) is 12.0. The third kappa shape index (κ3) is 3.88. The Bertz CT molecular complexity index is 666. The first-order chi connectivity index (χ1) is 10.4. The van der Waals surface area contributed by atoms with Gasteiger partial charge < -0.3 is 4.74 Å². The molecule has 5 nitrogen and oxygen atoms in total. The van der Waals surface area contributed by atoms with Crippen molar-refractivity contribution in [1.29, 1.82) is 0 Å². The largest absolute Gasteiger partial charge is 0.490 e. The van der Waals surface area contributed by atoms with E-state index in [-0.39, 0.29) is 18.4 Å². The van der Waals surface area contributed by atoms with Gasteiger partial charge in [0, 0.05) is 18.2 Å². The van der Waals surface area contributed by atoms with Gasteiger partial charge in [0.05, 0.1) is 11.9 Å². The Kier molecular flexibility index (Phi) is 5.24. The quantitative estimate of drug-likeness (QED) is 0.781. The van der Waals surface area contributed by atoms with E-state index in [1.807, 2.05) is 38.1 Å². The number of hydrogen-bond acceptors (Lipinski definition) is 4. The third-order valence-corrected chi connectivity index (χ3v) is 5.41. The van der Waals surface area contributed by atoms with Crippen molar-refractivity contribution in [2.24, 2.45) is 0 Å². The van der Waals surface area contributed by atoms with E-state index in [1.165, 1.54) is 6.08 Å². The molecule has 22 heavy (non-hydrogen) atoms. The lowest BCUT2D eigenvalue weighted by molar-refractivity contribution is -0.121. The van der Waals surface area contributed by atoms with E-state index >= 15 is 0 Å². The second-order valence-electron chi connectivity index (χ2n) is 5.29. The topological polar surface area (TPSA) is 63.7 Å². The zero-order valence-corrected chi connectivity index (χ0v) is 13.7. The fraction of sp³-hybridized carbons (Fsp3) is 0.438. The van der Waals surface area contributed by atoms with Gasteiger partial charge in [-0.25, -0.2) is 12.7 Å². The van der Waals surface area contributed by atoms with Gasteiger partial charge in [0.2, 0.25) is 10.0 Å². The second-order valence-corrected chi connectivity index (χ2v) is 7.30. The fourth-order valence-corrected chi connectivity index (χ4v) is 3.61. The maximum absolute atomic E-state index is 12.0. The minimum Gasteiger partial charge on any atom is -0.490 e. The summed E-state index contributed by atoms with van der Waals surface area (Å²) in [6, 6.07) is 7.38. The normalized spacial score (nSPS) is 18.5. The van der Waals surface area contributed by atoms with E-state index in [1.54, 1.807) is 6.08 Å². The van der Waals surface area contributed by atoms with Crippen LogP contribution in [0.15, 0.2) is 30.3 Å². The predicted octanol–water partition coefficient (Wildman–Crippen LogP) is 2.44. The molecule has 1 fully saturated rings. The van der Waals surface area contributed by atoms with Crippen LogP contribution in [0.1, 0.15) is 32.3 Å². The summed E-state index contributed by atoms with van der Waals surface area (Å²) in [5.41, 5.74) is 0.757. The molecule has 2 rings (SSSR count). The van der Waals surface area contributed by atoms with Crippen molar-refractivity contribution in [3.63, 3.8) is 0 Å². The second kappa shape index (κ2) is 6.96. The van der Waals surface area contributed by atoms with Crippen molar-refractivity contribution in [2.75, 3.05) is 12.3 Å². The number of carbonyl (C=O) groups excluding carboxylic acids is 1. The third-order valence-electron chi connectivity index (χ3n) is 3.57. The van der Waals surface area contributed by atoms with Crippen molar-refractivity contribution in [1.82, 2.24) is 4.31 Å². The summed E-state index contributed by atoms with van der Waals surface area (Å²) >= 11 is 0. The molecule has 1 aromatic rings. The van der Waals surface area contributed by atoms with E-state index < -0.39 is 15.9 Å². The molecule has 0 radical (unpaired) electrons. The number of ether oxygens (including phenoxy) is 1. The number of hydrogen-bond donors (Lipinski definition) is 0. The summed E-state index contributed by atoms with van der Waals surface area (Å²) in [5.74, 6) is 0.223. The first-order valence-corrected chi connectivity index (χ1v) is 9.03. The summed E-state index contributed by atoms with van der Waals surface area (Å²) in [7, 11) is -3.42. The SMILES string of the molecule is CC[C@H](C)Oc1ccccc1/C=C/C(=O)N1CCCS1(=O)=O. The lowest BCUT2D eigenvalue weighted by Crippen LogP contribution is -2.30. The zero-order chi connectivity index (χ0) is 16.2. The van der Waals surface area contributed by atoms with Crippen LogP contribution in [0.4, 0.5) is 0 Å². The van der Waals surface area contributed by atoms with E-state index in [0.29, 0.717) is 12.2 Å². The molecule has 0 N–H and O–H groups in total. The van der Waals surface area contributed by atoms with E-state index in [4.69, 9.17) is 4.74 Å². The Morgan fingerprint density at radius 1 is 1.41 bits per heavy atom. The van der Waals surface area contributed by atoms with Gasteiger partial charge in [0.25, 0.3) is 5.91 Å². The Labute approximate surface area is 131 Å². The number of para-hydroxylation sites is 1. The molecule has 0 aromatic heterocycles. The highest BCUT2D eigenvalue weighted by atomic mass is 32.2. The van der Waals surface area contributed by atoms with Gasteiger partial charge >= 0.3 is 0 Å². The van der Waals surface area contributed by atoms with Crippen molar-refractivity contribution >= 4 is 22.0 Å². The number of benzene rings is 1. The van der Waals surface area contributed by atoms with E-state index in [2.05, 4.69) is 0 Å². The number of carbonyl (C=O) groups is 1. The van der Waals surface area contributed by atoms with Crippen LogP contribution in [0.3, 0.4) is 0 Å². The highest BCUT2D eigenvalue weighted by molar-refractivity contribution is 7.89. The average molecular weight is 323 g/mol. The van der Waals surface area contributed by atoms with Crippen LogP contribution in [0.25, 0.3) is 6.08 Å². The molecule has 0 unspecified atom stereocenters. The predicted molar refractivity (Wildman–Crippen MR) is 86.0 cm³/mol. The lowest BCUT2D eigenvalue weighted by Gasteiger charge is -2.15. The minimum absolute atomic E-state index is 0.0420. The Morgan fingerprint density at radius 3 is 2.77 bits per heavy atom. The Hall–Kier alpha value is -1.82. The number of nitrogens with zero attached hydrogens (tertiary/aromatic N) is 1. The van der Waals surface area contributed by atoms with Gasteiger partial charge in [-0.15, -0.1) is 0 Å². The highest BCUT2D eigenvalue weighted by Gasteiger charge is 2.31. The molecule has 6 heteroatoms. The highest BCUT2D eigenvalue weighted by Crippen LogP contribution is 2.22. The molecule has 1 aliphatic heterocycles. The van der Waals surface area contributed by atoms with Crippen LogP contribution in [0.2, 0.25) is 0 Å². The molecular formula is C16H21NO4S. The van der Waals surface area contributed by atoms with Crippen molar-refractivity contribution in [2.45, 2.75) is 32.8 Å². The Balaban J connectivity index is 2.15. The fourth-order valence-electron chi connectivity index (χ4n) is 2.16. The molecule has 1 aromatic carbocycles.